The summed E-state index contributed by atoms with van der Waals surface area (Å²) in [5.74, 6) is 0.180. The fraction of sp³-hybridized carbons (Fsp3) is 0.562. The van der Waals surface area contributed by atoms with Crippen molar-refractivity contribution < 1.29 is 4.79 Å². The number of amides is 1. The van der Waals surface area contributed by atoms with E-state index in [4.69, 9.17) is 5.73 Å². The number of aromatic nitrogens is 3. The molecule has 1 saturated heterocycles. The van der Waals surface area contributed by atoms with Crippen LogP contribution in [-0.4, -0.2) is 45.2 Å². The van der Waals surface area contributed by atoms with Gasteiger partial charge in [0.05, 0.1) is 23.2 Å². The van der Waals surface area contributed by atoms with Crippen molar-refractivity contribution in [2.45, 2.75) is 38.1 Å². The minimum absolute atomic E-state index is 0.180. The Balaban J connectivity index is 1.48. The summed E-state index contributed by atoms with van der Waals surface area (Å²) < 4.78 is 2.01. The maximum atomic E-state index is 12.4. The molecule has 1 aliphatic rings. The van der Waals surface area contributed by atoms with Gasteiger partial charge in [-0.15, -0.1) is 11.3 Å². The molecule has 0 bridgehead atoms. The number of aryl methyl sites for hydroxylation is 1. The third kappa shape index (κ3) is 4.17. The number of hydrogen-bond acceptors (Lipinski definition) is 5. The molecule has 1 fully saturated rings. The second-order valence-corrected chi connectivity index (χ2v) is 6.84. The first-order valence-electron chi connectivity index (χ1n) is 8.16. The van der Waals surface area contributed by atoms with Crippen molar-refractivity contribution in [1.29, 1.82) is 0 Å². The largest absolute Gasteiger partial charge is 0.342 e. The van der Waals surface area contributed by atoms with Gasteiger partial charge in [-0.3, -0.25) is 9.48 Å². The van der Waals surface area contributed by atoms with Gasteiger partial charge in [-0.2, -0.15) is 5.10 Å². The van der Waals surface area contributed by atoms with E-state index in [1.807, 2.05) is 33.4 Å². The Morgan fingerprint density at radius 2 is 2.22 bits per heavy atom. The van der Waals surface area contributed by atoms with Crippen LogP contribution in [0.15, 0.2) is 23.8 Å². The van der Waals surface area contributed by atoms with Gasteiger partial charge >= 0.3 is 0 Å². The molecule has 0 saturated carbocycles. The lowest BCUT2D eigenvalue weighted by atomic mass is 10.0. The molecule has 0 radical (unpaired) electrons. The number of nitrogens with two attached hydrogens (primary N) is 1. The minimum Gasteiger partial charge on any atom is -0.342 e. The van der Waals surface area contributed by atoms with Crippen molar-refractivity contribution in [3.05, 3.63) is 34.5 Å². The summed E-state index contributed by atoms with van der Waals surface area (Å²) in [7, 11) is 0. The summed E-state index contributed by atoms with van der Waals surface area (Å²) in [6.45, 7) is 2.28. The zero-order chi connectivity index (χ0) is 16.1. The summed E-state index contributed by atoms with van der Waals surface area (Å²) in [5, 5.41) is 7.38. The van der Waals surface area contributed by atoms with Gasteiger partial charge in [0.1, 0.15) is 0 Å². The quantitative estimate of drug-likeness (QED) is 0.872. The number of hydrogen-bond donors (Lipinski definition) is 1. The number of carbonyl (C=O) groups excluding carboxylic acids is 1. The van der Waals surface area contributed by atoms with Crippen molar-refractivity contribution in [3.63, 3.8) is 0 Å². The van der Waals surface area contributed by atoms with E-state index in [1.165, 1.54) is 0 Å². The van der Waals surface area contributed by atoms with E-state index < -0.39 is 0 Å². The van der Waals surface area contributed by atoms with Gasteiger partial charge in [-0.1, -0.05) is 0 Å². The molecule has 0 aromatic carbocycles. The molecule has 0 spiro atoms. The van der Waals surface area contributed by atoms with Crippen molar-refractivity contribution in [2.75, 3.05) is 19.6 Å². The highest BCUT2D eigenvalue weighted by Crippen LogP contribution is 2.22. The van der Waals surface area contributed by atoms with Crippen LogP contribution in [0.2, 0.25) is 0 Å². The lowest BCUT2D eigenvalue weighted by molar-refractivity contribution is -0.131. The second-order valence-electron chi connectivity index (χ2n) is 5.90. The van der Waals surface area contributed by atoms with Crippen LogP contribution in [0, 0.1) is 0 Å². The maximum absolute atomic E-state index is 12.4. The second kappa shape index (κ2) is 7.70. The molecule has 0 aliphatic carbocycles. The first-order valence-corrected chi connectivity index (χ1v) is 9.04. The van der Waals surface area contributed by atoms with Crippen molar-refractivity contribution in [2.24, 2.45) is 5.73 Å². The van der Waals surface area contributed by atoms with Crippen molar-refractivity contribution in [1.82, 2.24) is 19.7 Å². The number of likely N-dealkylation sites (tertiary alicyclic amines) is 1. The standard InChI is InChI=1S/C16H23N5OS/c17-6-1-3-15-19-13(12-23-15)11-16(22)20-9-4-14(5-10-20)21-8-2-7-18-21/h2,7-8,12,14H,1,3-6,9-11,17H2. The summed E-state index contributed by atoms with van der Waals surface area (Å²) in [6.07, 6.45) is 8.00. The van der Waals surface area contributed by atoms with Crippen LogP contribution >= 0.6 is 11.3 Å². The predicted octanol–water partition coefficient (Wildman–Crippen LogP) is 1.64. The van der Waals surface area contributed by atoms with Crippen LogP contribution in [0.25, 0.3) is 0 Å². The highest BCUT2D eigenvalue weighted by atomic mass is 32.1. The topological polar surface area (TPSA) is 77.0 Å². The Morgan fingerprint density at radius 3 is 2.91 bits per heavy atom. The van der Waals surface area contributed by atoms with Crippen LogP contribution in [-0.2, 0) is 17.6 Å². The average Bonchev–Trinajstić information content (AvgIpc) is 3.25. The van der Waals surface area contributed by atoms with Crippen LogP contribution in [0.5, 0.6) is 0 Å². The van der Waals surface area contributed by atoms with Gasteiger partial charge in [0, 0.05) is 37.3 Å². The highest BCUT2D eigenvalue weighted by Gasteiger charge is 2.24. The Labute approximate surface area is 140 Å². The molecule has 1 amide bonds. The van der Waals surface area contributed by atoms with E-state index in [2.05, 4.69) is 10.1 Å². The average molecular weight is 333 g/mol. The molecule has 0 atom stereocenters. The van der Waals surface area contributed by atoms with Gasteiger partial charge in [0.25, 0.3) is 0 Å². The number of thiazole rings is 1. The van der Waals surface area contributed by atoms with Crippen molar-refractivity contribution >= 4 is 17.2 Å². The van der Waals surface area contributed by atoms with Crippen LogP contribution in [0.3, 0.4) is 0 Å². The summed E-state index contributed by atoms with van der Waals surface area (Å²) in [5.41, 5.74) is 6.41. The van der Waals surface area contributed by atoms with Gasteiger partial charge in [-0.25, -0.2) is 4.98 Å². The van der Waals surface area contributed by atoms with Crippen LogP contribution < -0.4 is 5.73 Å². The Hall–Kier alpha value is -1.73. The maximum Gasteiger partial charge on any atom is 0.228 e. The van der Waals surface area contributed by atoms with E-state index in [0.29, 0.717) is 19.0 Å². The highest BCUT2D eigenvalue weighted by molar-refractivity contribution is 7.09. The molecule has 3 heterocycles. The third-order valence-corrected chi connectivity index (χ3v) is 5.20. The number of rotatable bonds is 6. The van der Waals surface area contributed by atoms with Gasteiger partial charge in [0.2, 0.25) is 5.91 Å². The molecule has 3 rings (SSSR count). The third-order valence-electron chi connectivity index (χ3n) is 4.24. The monoisotopic (exact) mass is 333 g/mol. The van der Waals surface area contributed by atoms with Crippen molar-refractivity contribution in [3.8, 4) is 0 Å². The molecule has 2 aromatic heterocycles. The van der Waals surface area contributed by atoms with Gasteiger partial charge in [0.15, 0.2) is 0 Å². The Bertz CT molecular complexity index is 616. The van der Waals surface area contributed by atoms with E-state index in [0.717, 1.165) is 49.5 Å². The molecule has 2 aromatic rings. The predicted molar refractivity (Wildman–Crippen MR) is 90.3 cm³/mol. The summed E-state index contributed by atoms with van der Waals surface area (Å²) >= 11 is 1.63. The van der Waals surface area contributed by atoms with Gasteiger partial charge < -0.3 is 10.6 Å². The fourth-order valence-electron chi connectivity index (χ4n) is 2.94. The zero-order valence-corrected chi connectivity index (χ0v) is 14.0. The first-order chi connectivity index (χ1) is 11.3. The molecule has 7 heteroatoms. The smallest absolute Gasteiger partial charge is 0.228 e. The molecular weight excluding hydrogens is 310 g/mol. The molecule has 0 unspecified atom stereocenters. The summed E-state index contributed by atoms with van der Waals surface area (Å²) in [6, 6.07) is 2.36. The number of carbonyl (C=O) groups is 1. The molecule has 124 valence electrons. The normalized spacial score (nSPS) is 16.0. The molecule has 2 N–H and O–H groups in total. The number of piperidine rings is 1. The summed E-state index contributed by atoms with van der Waals surface area (Å²) in [4.78, 5) is 18.9. The van der Waals surface area contributed by atoms with E-state index >= 15 is 0 Å². The Kier molecular flexibility index (Phi) is 5.40. The lowest BCUT2D eigenvalue weighted by Crippen LogP contribution is -2.40. The van der Waals surface area contributed by atoms with E-state index in [-0.39, 0.29) is 5.91 Å². The van der Waals surface area contributed by atoms with E-state index in [1.54, 1.807) is 11.3 Å². The SMILES string of the molecule is NCCCc1nc(CC(=O)N2CCC(n3cccn3)CC2)cs1. The Morgan fingerprint density at radius 1 is 1.39 bits per heavy atom. The number of nitrogens with zero attached hydrogens (tertiary/aromatic N) is 4. The minimum atomic E-state index is 0.180. The zero-order valence-electron chi connectivity index (χ0n) is 13.2. The van der Waals surface area contributed by atoms with Gasteiger partial charge in [-0.05, 0) is 31.9 Å². The molecule has 23 heavy (non-hydrogen) atoms. The first kappa shape index (κ1) is 16.1. The van der Waals surface area contributed by atoms with E-state index in [9.17, 15) is 4.79 Å². The van der Waals surface area contributed by atoms with Crippen LogP contribution in [0.1, 0.15) is 36.0 Å². The fourth-order valence-corrected chi connectivity index (χ4v) is 3.78. The van der Waals surface area contributed by atoms with Crippen LogP contribution in [0.4, 0.5) is 0 Å². The molecule has 6 nitrogen and oxygen atoms in total. The molecule has 1 aliphatic heterocycles. The lowest BCUT2D eigenvalue weighted by Gasteiger charge is -2.32. The molecular formula is C16H23N5OS.